The molecule has 0 spiro atoms. The lowest BCUT2D eigenvalue weighted by Gasteiger charge is -2.36. The van der Waals surface area contributed by atoms with Gasteiger partial charge in [-0.1, -0.05) is 23.8 Å². The van der Waals surface area contributed by atoms with Crippen molar-refractivity contribution < 1.29 is 9.53 Å². The van der Waals surface area contributed by atoms with Gasteiger partial charge in [0.05, 0.1) is 17.9 Å². The third-order valence-electron chi connectivity index (χ3n) is 4.24. The second kappa shape index (κ2) is 6.38. The van der Waals surface area contributed by atoms with Gasteiger partial charge < -0.3 is 15.4 Å². The number of carbonyl (C=O) groups is 1. The van der Waals surface area contributed by atoms with E-state index < -0.39 is 5.91 Å². The molecule has 1 aliphatic heterocycles. The summed E-state index contributed by atoms with van der Waals surface area (Å²) in [6.45, 7) is 6.21. The molecule has 0 unspecified atom stereocenters. The van der Waals surface area contributed by atoms with E-state index in [4.69, 9.17) is 10.5 Å². The molecule has 1 atom stereocenters. The van der Waals surface area contributed by atoms with Crippen LogP contribution in [0.15, 0.2) is 36.7 Å². The molecule has 1 amide bonds. The van der Waals surface area contributed by atoms with Crippen molar-refractivity contribution >= 4 is 11.6 Å². The van der Waals surface area contributed by atoms with Gasteiger partial charge in [0.15, 0.2) is 0 Å². The third-order valence-corrected chi connectivity index (χ3v) is 4.24. The number of benzene rings is 1. The van der Waals surface area contributed by atoms with E-state index in [9.17, 15) is 4.79 Å². The Labute approximate surface area is 136 Å². The van der Waals surface area contributed by atoms with Crippen LogP contribution in [0.5, 0.6) is 0 Å². The Morgan fingerprint density at radius 2 is 2.17 bits per heavy atom. The molecule has 0 radical (unpaired) electrons. The molecule has 1 aliphatic rings. The molecule has 5 nitrogen and oxygen atoms in total. The first-order valence-electron chi connectivity index (χ1n) is 7.74. The average Bonchev–Trinajstić information content (AvgIpc) is 2.55. The first-order chi connectivity index (χ1) is 11.1. The molecule has 1 aromatic heterocycles. The van der Waals surface area contributed by atoms with E-state index >= 15 is 0 Å². The summed E-state index contributed by atoms with van der Waals surface area (Å²) in [5.41, 5.74) is 10.4. The highest BCUT2D eigenvalue weighted by molar-refractivity contribution is 5.98. The van der Waals surface area contributed by atoms with E-state index in [2.05, 4.69) is 41.9 Å². The molecule has 0 saturated carbocycles. The van der Waals surface area contributed by atoms with Crippen molar-refractivity contribution in [3.63, 3.8) is 0 Å². The lowest BCUT2D eigenvalue weighted by molar-refractivity contribution is 0.0393. The summed E-state index contributed by atoms with van der Waals surface area (Å²) >= 11 is 0. The molecule has 2 heterocycles. The average molecular weight is 311 g/mol. The van der Waals surface area contributed by atoms with Crippen LogP contribution in [0.1, 0.15) is 33.2 Å². The standard InChI is InChI=1S/C18H21N3O2/c1-12-3-4-14(13(2)9-12)17-11-21(7-8-23-17)16-5-6-20-10-15(16)18(19)22/h3-6,9-10,17H,7-8,11H2,1-2H3,(H2,19,22)/t17-/m1/s1. The van der Waals surface area contributed by atoms with Gasteiger partial charge in [0.25, 0.3) is 5.91 Å². The van der Waals surface area contributed by atoms with Crippen LogP contribution in [0.25, 0.3) is 0 Å². The number of hydrogen-bond acceptors (Lipinski definition) is 4. The fraction of sp³-hybridized carbons (Fsp3) is 0.333. The predicted molar refractivity (Wildman–Crippen MR) is 89.6 cm³/mol. The summed E-state index contributed by atoms with van der Waals surface area (Å²) in [6.07, 6.45) is 3.20. The zero-order valence-electron chi connectivity index (χ0n) is 13.5. The summed E-state index contributed by atoms with van der Waals surface area (Å²) < 4.78 is 5.96. The largest absolute Gasteiger partial charge is 0.370 e. The van der Waals surface area contributed by atoms with Gasteiger partial charge >= 0.3 is 0 Å². The number of anilines is 1. The van der Waals surface area contributed by atoms with E-state index in [1.165, 1.54) is 22.9 Å². The van der Waals surface area contributed by atoms with E-state index in [-0.39, 0.29) is 6.10 Å². The molecule has 3 rings (SSSR count). The molecule has 0 bridgehead atoms. The van der Waals surface area contributed by atoms with E-state index in [1.54, 1.807) is 6.20 Å². The van der Waals surface area contributed by atoms with Crippen LogP contribution < -0.4 is 10.6 Å². The molecule has 0 aliphatic carbocycles. The molecule has 23 heavy (non-hydrogen) atoms. The molecule has 120 valence electrons. The van der Waals surface area contributed by atoms with Crippen molar-refractivity contribution in [1.29, 1.82) is 0 Å². The minimum Gasteiger partial charge on any atom is -0.370 e. The molecular weight excluding hydrogens is 290 g/mol. The quantitative estimate of drug-likeness (QED) is 0.945. The van der Waals surface area contributed by atoms with Gasteiger partial charge in [0, 0.05) is 25.5 Å². The van der Waals surface area contributed by atoms with Crippen LogP contribution in [0.3, 0.4) is 0 Å². The topological polar surface area (TPSA) is 68.5 Å². The molecule has 2 aromatic rings. The first-order valence-corrected chi connectivity index (χ1v) is 7.74. The number of aryl methyl sites for hydroxylation is 2. The monoisotopic (exact) mass is 311 g/mol. The van der Waals surface area contributed by atoms with Crippen LogP contribution in [0.4, 0.5) is 5.69 Å². The molecule has 1 saturated heterocycles. The summed E-state index contributed by atoms with van der Waals surface area (Å²) in [4.78, 5) is 17.8. The Balaban J connectivity index is 1.88. The summed E-state index contributed by atoms with van der Waals surface area (Å²) in [5, 5.41) is 0. The third kappa shape index (κ3) is 3.19. The van der Waals surface area contributed by atoms with Crippen molar-refractivity contribution in [3.05, 3.63) is 58.9 Å². The van der Waals surface area contributed by atoms with Crippen molar-refractivity contribution in [2.24, 2.45) is 5.73 Å². The number of aromatic nitrogens is 1. The van der Waals surface area contributed by atoms with Gasteiger partial charge in [-0.3, -0.25) is 9.78 Å². The Bertz CT molecular complexity index is 730. The summed E-state index contributed by atoms with van der Waals surface area (Å²) in [5.74, 6) is -0.456. The van der Waals surface area contributed by atoms with Gasteiger partial charge in [-0.05, 0) is 31.0 Å². The van der Waals surface area contributed by atoms with Gasteiger partial charge in [0.2, 0.25) is 0 Å². The van der Waals surface area contributed by atoms with Crippen molar-refractivity contribution in [1.82, 2.24) is 4.98 Å². The van der Waals surface area contributed by atoms with Gasteiger partial charge in [-0.2, -0.15) is 0 Å². The number of carbonyl (C=O) groups excluding carboxylic acids is 1. The maximum atomic E-state index is 11.6. The number of pyridine rings is 1. The van der Waals surface area contributed by atoms with E-state index in [0.29, 0.717) is 18.7 Å². The number of nitrogens with zero attached hydrogens (tertiary/aromatic N) is 2. The Morgan fingerprint density at radius 3 is 2.91 bits per heavy atom. The lowest BCUT2D eigenvalue weighted by atomic mass is 9.99. The van der Waals surface area contributed by atoms with Gasteiger partial charge in [-0.25, -0.2) is 0 Å². The number of amides is 1. The fourth-order valence-electron chi connectivity index (χ4n) is 3.10. The van der Waals surface area contributed by atoms with Crippen LogP contribution in [0, 0.1) is 13.8 Å². The highest BCUT2D eigenvalue weighted by Gasteiger charge is 2.25. The highest BCUT2D eigenvalue weighted by atomic mass is 16.5. The van der Waals surface area contributed by atoms with E-state index in [0.717, 1.165) is 12.2 Å². The van der Waals surface area contributed by atoms with E-state index in [1.807, 2.05) is 6.07 Å². The fourth-order valence-corrected chi connectivity index (χ4v) is 3.10. The Kier molecular flexibility index (Phi) is 4.30. The van der Waals surface area contributed by atoms with Crippen molar-refractivity contribution in [2.75, 3.05) is 24.6 Å². The van der Waals surface area contributed by atoms with Crippen molar-refractivity contribution in [2.45, 2.75) is 20.0 Å². The first kappa shape index (κ1) is 15.5. The predicted octanol–water partition coefficient (Wildman–Crippen LogP) is 2.38. The smallest absolute Gasteiger partial charge is 0.252 e. The summed E-state index contributed by atoms with van der Waals surface area (Å²) in [7, 11) is 0. The number of rotatable bonds is 3. The molecule has 2 N–H and O–H groups in total. The minimum absolute atomic E-state index is 0.0155. The van der Waals surface area contributed by atoms with Crippen LogP contribution in [-0.4, -0.2) is 30.6 Å². The zero-order chi connectivity index (χ0) is 16.4. The second-order valence-electron chi connectivity index (χ2n) is 5.92. The minimum atomic E-state index is -0.456. The second-order valence-corrected chi connectivity index (χ2v) is 5.92. The number of primary amides is 1. The zero-order valence-corrected chi connectivity index (χ0v) is 13.5. The number of nitrogens with two attached hydrogens (primary N) is 1. The maximum Gasteiger partial charge on any atom is 0.252 e. The lowest BCUT2D eigenvalue weighted by Crippen LogP contribution is -2.39. The number of morpholine rings is 1. The summed E-state index contributed by atoms with van der Waals surface area (Å²) in [6, 6.07) is 8.23. The molecule has 5 heteroatoms. The molecule has 1 aromatic carbocycles. The van der Waals surface area contributed by atoms with Gasteiger partial charge in [0.1, 0.15) is 6.10 Å². The molecular formula is C18H21N3O2. The highest BCUT2D eigenvalue weighted by Crippen LogP contribution is 2.29. The number of hydrogen-bond donors (Lipinski definition) is 1. The molecule has 1 fully saturated rings. The normalized spacial score (nSPS) is 18.0. The van der Waals surface area contributed by atoms with Crippen molar-refractivity contribution in [3.8, 4) is 0 Å². The van der Waals surface area contributed by atoms with Crippen LogP contribution in [-0.2, 0) is 4.74 Å². The Hall–Kier alpha value is -2.40. The number of ether oxygens (including phenoxy) is 1. The van der Waals surface area contributed by atoms with Crippen LogP contribution >= 0.6 is 0 Å². The Morgan fingerprint density at radius 1 is 1.35 bits per heavy atom. The van der Waals surface area contributed by atoms with Crippen LogP contribution in [0.2, 0.25) is 0 Å². The SMILES string of the molecule is Cc1ccc([C@H]2CN(c3ccncc3C(N)=O)CCO2)c(C)c1. The van der Waals surface area contributed by atoms with Gasteiger partial charge in [-0.15, -0.1) is 0 Å². The maximum absolute atomic E-state index is 11.6.